The Morgan fingerprint density at radius 1 is 1.40 bits per heavy atom. The molecule has 1 aromatic rings. The molecule has 0 saturated carbocycles. The van der Waals surface area contributed by atoms with Gasteiger partial charge in [-0.15, -0.1) is 0 Å². The van der Waals surface area contributed by atoms with Crippen molar-refractivity contribution in [1.29, 1.82) is 0 Å². The van der Waals surface area contributed by atoms with Gasteiger partial charge in [0.1, 0.15) is 5.75 Å². The second-order valence-corrected chi connectivity index (χ2v) is 3.73. The van der Waals surface area contributed by atoms with E-state index in [0.717, 1.165) is 24.3 Å². The number of para-hydroxylation sites is 1. The summed E-state index contributed by atoms with van der Waals surface area (Å²) in [7, 11) is 1.66. The molecule has 0 aliphatic carbocycles. The van der Waals surface area contributed by atoms with Gasteiger partial charge in [0.15, 0.2) is 0 Å². The number of likely N-dealkylation sites (tertiary alicyclic amines) is 1. The van der Waals surface area contributed by atoms with Crippen LogP contribution in [0.5, 0.6) is 5.75 Å². The molecule has 1 amide bonds. The molecule has 1 aliphatic heterocycles. The Hall–Kier alpha value is -1.51. The van der Waals surface area contributed by atoms with E-state index in [2.05, 4.69) is 0 Å². The molecule has 0 N–H and O–H groups in total. The van der Waals surface area contributed by atoms with Crippen molar-refractivity contribution in [3.8, 4) is 5.75 Å². The first-order chi connectivity index (χ1) is 7.31. The Morgan fingerprint density at radius 2 is 2.20 bits per heavy atom. The minimum atomic E-state index is 0.251. The smallest absolute Gasteiger partial charge is 0.222 e. The minimum Gasteiger partial charge on any atom is -0.496 e. The third kappa shape index (κ3) is 2.12. The predicted octanol–water partition coefficient (Wildman–Crippen LogP) is 1.82. The Labute approximate surface area is 89.7 Å². The van der Waals surface area contributed by atoms with Gasteiger partial charge in [-0.25, -0.2) is 0 Å². The molecule has 0 atom stereocenters. The van der Waals surface area contributed by atoms with E-state index in [9.17, 15) is 4.79 Å². The van der Waals surface area contributed by atoms with Crippen LogP contribution < -0.4 is 4.74 Å². The third-order valence-corrected chi connectivity index (χ3v) is 2.73. The Bertz CT molecular complexity index is 362. The summed E-state index contributed by atoms with van der Waals surface area (Å²) in [4.78, 5) is 13.4. The number of nitrogens with zero attached hydrogens (tertiary/aromatic N) is 1. The van der Waals surface area contributed by atoms with E-state index < -0.39 is 0 Å². The molecule has 0 unspecified atom stereocenters. The molecule has 2 rings (SSSR count). The van der Waals surface area contributed by atoms with E-state index >= 15 is 0 Å². The fourth-order valence-electron chi connectivity index (χ4n) is 1.91. The summed E-state index contributed by atoms with van der Waals surface area (Å²) in [5.74, 6) is 1.11. The molecule has 1 aromatic carbocycles. The lowest BCUT2D eigenvalue weighted by Crippen LogP contribution is -2.24. The number of ether oxygens (including phenoxy) is 1. The number of amides is 1. The van der Waals surface area contributed by atoms with Crippen LogP contribution in [0.2, 0.25) is 0 Å². The summed E-state index contributed by atoms with van der Waals surface area (Å²) in [6, 6.07) is 7.84. The van der Waals surface area contributed by atoms with E-state index in [1.165, 1.54) is 0 Å². The van der Waals surface area contributed by atoms with Gasteiger partial charge in [-0.3, -0.25) is 4.79 Å². The van der Waals surface area contributed by atoms with Gasteiger partial charge >= 0.3 is 0 Å². The van der Waals surface area contributed by atoms with Crippen molar-refractivity contribution < 1.29 is 9.53 Å². The van der Waals surface area contributed by atoms with Crippen LogP contribution in [-0.2, 0) is 11.3 Å². The van der Waals surface area contributed by atoms with Crippen molar-refractivity contribution >= 4 is 5.91 Å². The van der Waals surface area contributed by atoms with E-state index in [4.69, 9.17) is 4.74 Å². The van der Waals surface area contributed by atoms with Gasteiger partial charge < -0.3 is 9.64 Å². The summed E-state index contributed by atoms with van der Waals surface area (Å²) in [6.07, 6.45) is 1.67. The van der Waals surface area contributed by atoms with E-state index in [0.29, 0.717) is 13.0 Å². The fraction of sp³-hybridized carbons (Fsp3) is 0.417. The SMILES string of the molecule is COc1ccccc1CN1CCCC1=O. The largest absolute Gasteiger partial charge is 0.496 e. The van der Waals surface area contributed by atoms with E-state index in [1.54, 1.807) is 7.11 Å². The molecule has 3 heteroatoms. The molecular formula is C12H15NO2. The average molecular weight is 205 g/mol. The van der Waals surface area contributed by atoms with Crippen LogP contribution in [0.1, 0.15) is 18.4 Å². The van der Waals surface area contributed by atoms with Crippen LogP contribution in [-0.4, -0.2) is 24.5 Å². The van der Waals surface area contributed by atoms with Crippen molar-refractivity contribution in [3.05, 3.63) is 29.8 Å². The highest BCUT2D eigenvalue weighted by molar-refractivity contribution is 5.78. The number of hydrogen-bond donors (Lipinski definition) is 0. The van der Waals surface area contributed by atoms with Crippen LogP contribution in [0.25, 0.3) is 0 Å². The number of carbonyl (C=O) groups is 1. The second-order valence-electron chi connectivity index (χ2n) is 3.73. The first-order valence-corrected chi connectivity index (χ1v) is 5.21. The lowest BCUT2D eigenvalue weighted by atomic mass is 10.2. The van der Waals surface area contributed by atoms with Gasteiger partial charge in [0.25, 0.3) is 0 Å². The maximum absolute atomic E-state index is 11.5. The lowest BCUT2D eigenvalue weighted by Gasteiger charge is -2.17. The second kappa shape index (κ2) is 4.34. The zero-order valence-corrected chi connectivity index (χ0v) is 8.90. The fourth-order valence-corrected chi connectivity index (χ4v) is 1.91. The number of rotatable bonds is 3. The first kappa shape index (κ1) is 10.0. The molecule has 15 heavy (non-hydrogen) atoms. The molecule has 1 fully saturated rings. The molecule has 0 aromatic heterocycles. The molecule has 0 bridgehead atoms. The molecular weight excluding hydrogens is 190 g/mol. The molecule has 1 heterocycles. The zero-order valence-electron chi connectivity index (χ0n) is 8.90. The normalized spacial score (nSPS) is 15.8. The highest BCUT2D eigenvalue weighted by atomic mass is 16.5. The van der Waals surface area contributed by atoms with E-state index in [-0.39, 0.29) is 5.91 Å². The van der Waals surface area contributed by atoms with Crippen molar-refractivity contribution in [3.63, 3.8) is 0 Å². The summed E-state index contributed by atoms with van der Waals surface area (Å²) in [5, 5.41) is 0. The Morgan fingerprint density at radius 3 is 2.87 bits per heavy atom. The molecule has 0 radical (unpaired) electrons. The van der Waals surface area contributed by atoms with Crippen molar-refractivity contribution in [2.45, 2.75) is 19.4 Å². The average Bonchev–Trinajstić information content (AvgIpc) is 2.65. The van der Waals surface area contributed by atoms with Gasteiger partial charge in [-0.05, 0) is 12.5 Å². The third-order valence-electron chi connectivity index (χ3n) is 2.73. The zero-order chi connectivity index (χ0) is 10.7. The monoisotopic (exact) mass is 205 g/mol. The first-order valence-electron chi connectivity index (χ1n) is 5.21. The van der Waals surface area contributed by atoms with Gasteiger partial charge in [0.2, 0.25) is 5.91 Å². The number of hydrogen-bond acceptors (Lipinski definition) is 2. The van der Waals surface area contributed by atoms with Crippen LogP contribution in [0, 0.1) is 0 Å². The quantitative estimate of drug-likeness (QED) is 0.753. The van der Waals surface area contributed by atoms with E-state index in [1.807, 2.05) is 29.2 Å². The lowest BCUT2D eigenvalue weighted by molar-refractivity contribution is -0.128. The summed E-state index contributed by atoms with van der Waals surface area (Å²) < 4.78 is 5.25. The number of benzene rings is 1. The van der Waals surface area contributed by atoms with Crippen molar-refractivity contribution in [1.82, 2.24) is 4.90 Å². The maximum Gasteiger partial charge on any atom is 0.222 e. The maximum atomic E-state index is 11.5. The van der Waals surface area contributed by atoms with Crippen LogP contribution in [0.15, 0.2) is 24.3 Å². The molecule has 3 nitrogen and oxygen atoms in total. The van der Waals surface area contributed by atoms with Gasteiger partial charge in [-0.2, -0.15) is 0 Å². The molecule has 0 spiro atoms. The van der Waals surface area contributed by atoms with Crippen molar-refractivity contribution in [2.75, 3.05) is 13.7 Å². The summed E-state index contributed by atoms with van der Waals surface area (Å²) in [6.45, 7) is 1.54. The highest BCUT2D eigenvalue weighted by Crippen LogP contribution is 2.21. The Kier molecular flexibility index (Phi) is 2.90. The van der Waals surface area contributed by atoms with Gasteiger partial charge in [0.05, 0.1) is 7.11 Å². The van der Waals surface area contributed by atoms with Crippen molar-refractivity contribution in [2.24, 2.45) is 0 Å². The van der Waals surface area contributed by atoms with Crippen LogP contribution in [0.4, 0.5) is 0 Å². The van der Waals surface area contributed by atoms with Crippen LogP contribution >= 0.6 is 0 Å². The van der Waals surface area contributed by atoms with Gasteiger partial charge in [-0.1, -0.05) is 18.2 Å². The summed E-state index contributed by atoms with van der Waals surface area (Å²) in [5.41, 5.74) is 1.08. The van der Waals surface area contributed by atoms with Gasteiger partial charge in [0, 0.05) is 25.1 Å². The Balaban J connectivity index is 2.12. The minimum absolute atomic E-state index is 0.251. The molecule has 1 aliphatic rings. The standard InChI is InChI=1S/C12H15NO2/c1-15-11-6-3-2-5-10(11)9-13-8-4-7-12(13)14/h2-3,5-6H,4,7-9H2,1H3. The van der Waals surface area contributed by atoms with Crippen LogP contribution in [0.3, 0.4) is 0 Å². The number of methoxy groups -OCH3 is 1. The predicted molar refractivity (Wildman–Crippen MR) is 57.6 cm³/mol. The number of carbonyl (C=O) groups excluding carboxylic acids is 1. The highest BCUT2D eigenvalue weighted by Gasteiger charge is 2.20. The molecule has 1 saturated heterocycles. The topological polar surface area (TPSA) is 29.5 Å². The molecule has 80 valence electrons. The summed E-state index contributed by atoms with van der Waals surface area (Å²) >= 11 is 0.